The highest BCUT2D eigenvalue weighted by molar-refractivity contribution is 7.92. The number of sulfonamides is 1. The van der Waals surface area contributed by atoms with Gasteiger partial charge in [-0.05, 0) is 43.5 Å². The molecule has 2 aromatic carbocycles. The zero-order chi connectivity index (χ0) is 16.8. The first-order valence-electron chi connectivity index (χ1n) is 7.08. The molecule has 7 heteroatoms. The van der Waals surface area contributed by atoms with Crippen LogP contribution in [0.5, 0.6) is 0 Å². The Hall–Kier alpha value is -2.02. The molecular formula is C16H14F3NO2S. The molecule has 2 aromatic rings. The lowest BCUT2D eigenvalue weighted by molar-refractivity contribution is 0.432. The van der Waals surface area contributed by atoms with Gasteiger partial charge in [-0.3, -0.25) is 4.31 Å². The molecule has 0 saturated heterocycles. The maximum absolute atomic E-state index is 13.9. The Kier molecular flexibility index (Phi) is 3.83. The van der Waals surface area contributed by atoms with Crippen molar-refractivity contribution in [2.75, 3.05) is 10.8 Å². The molecule has 0 aliphatic carbocycles. The molecule has 0 radical (unpaired) electrons. The van der Waals surface area contributed by atoms with Crippen LogP contribution < -0.4 is 4.31 Å². The number of aryl methyl sites for hydroxylation is 2. The number of fused-ring (bicyclic) bond motifs is 1. The van der Waals surface area contributed by atoms with Gasteiger partial charge in [-0.25, -0.2) is 21.6 Å². The molecule has 1 aliphatic heterocycles. The van der Waals surface area contributed by atoms with E-state index in [9.17, 15) is 21.6 Å². The number of benzene rings is 2. The Balaban J connectivity index is 2.14. The lowest BCUT2D eigenvalue weighted by Crippen LogP contribution is -2.36. The highest BCUT2D eigenvalue weighted by Gasteiger charge is 2.33. The first kappa shape index (κ1) is 15.9. The summed E-state index contributed by atoms with van der Waals surface area (Å²) in [6.45, 7) is 2.06. The molecule has 0 fully saturated rings. The van der Waals surface area contributed by atoms with Crippen molar-refractivity contribution < 1.29 is 21.6 Å². The summed E-state index contributed by atoms with van der Waals surface area (Å²) in [6.07, 6.45) is 1.28. The zero-order valence-electron chi connectivity index (χ0n) is 12.3. The van der Waals surface area contributed by atoms with Crippen molar-refractivity contribution in [2.45, 2.75) is 24.7 Å². The molecule has 1 aliphatic rings. The van der Waals surface area contributed by atoms with E-state index in [4.69, 9.17) is 0 Å². The number of anilines is 1. The largest absolute Gasteiger partial charge is 0.267 e. The molecule has 1 heterocycles. The van der Waals surface area contributed by atoms with Crippen molar-refractivity contribution >= 4 is 15.7 Å². The van der Waals surface area contributed by atoms with Crippen molar-refractivity contribution in [1.82, 2.24) is 0 Å². The van der Waals surface area contributed by atoms with Crippen LogP contribution in [-0.2, 0) is 16.4 Å². The summed E-state index contributed by atoms with van der Waals surface area (Å²) in [5.74, 6) is -4.90. The van der Waals surface area contributed by atoms with E-state index in [-0.39, 0.29) is 6.54 Å². The van der Waals surface area contributed by atoms with Crippen LogP contribution in [0.4, 0.5) is 18.9 Å². The molecule has 23 heavy (non-hydrogen) atoms. The highest BCUT2D eigenvalue weighted by Crippen LogP contribution is 2.33. The Morgan fingerprint density at radius 3 is 2.52 bits per heavy atom. The fraction of sp³-hybridized carbons (Fsp3) is 0.250. The van der Waals surface area contributed by atoms with Gasteiger partial charge in [0.1, 0.15) is 4.90 Å². The normalized spacial score (nSPS) is 14.7. The third-order valence-corrected chi connectivity index (χ3v) is 5.71. The fourth-order valence-electron chi connectivity index (χ4n) is 2.77. The van der Waals surface area contributed by atoms with Crippen molar-refractivity contribution in [2.24, 2.45) is 0 Å². The smallest absolute Gasteiger partial charge is 0.266 e. The number of hydrogen-bond donors (Lipinski definition) is 0. The third-order valence-electron chi connectivity index (χ3n) is 3.88. The van der Waals surface area contributed by atoms with Crippen molar-refractivity contribution in [3.8, 4) is 0 Å². The molecule has 0 spiro atoms. The van der Waals surface area contributed by atoms with Gasteiger partial charge in [0.05, 0.1) is 5.69 Å². The minimum absolute atomic E-state index is 0.164. The molecule has 0 saturated carbocycles. The third kappa shape index (κ3) is 2.59. The molecule has 0 atom stereocenters. The second kappa shape index (κ2) is 5.56. The predicted molar refractivity (Wildman–Crippen MR) is 80.3 cm³/mol. The fourth-order valence-corrected chi connectivity index (χ4v) is 4.37. The van der Waals surface area contributed by atoms with E-state index in [2.05, 4.69) is 0 Å². The van der Waals surface area contributed by atoms with Gasteiger partial charge >= 0.3 is 0 Å². The quantitative estimate of drug-likeness (QED) is 0.784. The number of hydrogen-bond acceptors (Lipinski definition) is 2. The van der Waals surface area contributed by atoms with Crippen LogP contribution in [0.1, 0.15) is 17.5 Å². The summed E-state index contributed by atoms with van der Waals surface area (Å²) >= 11 is 0. The summed E-state index contributed by atoms with van der Waals surface area (Å²) in [5, 5.41) is 0. The number of nitrogens with zero attached hydrogens (tertiary/aromatic N) is 1. The Morgan fingerprint density at radius 1 is 1.04 bits per heavy atom. The lowest BCUT2D eigenvalue weighted by Gasteiger charge is -2.30. The molecular weight excluding hydrogens is 327 g/mol. The first-order valence-corrected chi connectivity index (χ1v) is 8.52. The Labute approximate surface area is 132 Å². The topological polar surface area (TPSA) is 37.4 Å². The molecule has 122 valence electrons. The summed E-state index contributed by atoms with van der Waals surface area (Å²) < 4.78 is 66.9. The number of halogens is 3. The highest BCUT2D eigenvalue weighted by atomic mass is 32.2. The van der Waals surface area contributed by atoms with Crippen molar-refractivity contribution in [3.63, 3.8) is 0 Å². The lowest BCUT2D eigenvalue weighted by atomic mass is 10.0. The number of rotatable bonds is 2. The minimum Gasteiger partial charge on any atom is -0.266 e. The standard InChI is InChI=1S/C16H14F3NO2S/c1-10-4-6-13-11(9-10)3-2-8-20(13)23(21,22)14-7-5-12(17)15(18)16(14)19/h4-7,9H,2-3,8H2,1H3. The van der Waals surface area contributed by atoms with E-state index in [1.165, 1.54) is 0 Å². The van der Waals surface area contributed by atoms with Gasteiger partial charge in [0, 0.05) is 6.54 Å². The predicted octanol–water partition coefficient (Wildman–Crippen LogP) is 3.55. The molecule has 0 bridgehead atoms. The SMILES string of the molecule is Cc1ccc2c(c1)CCCN2S(=O)(=O)c1ccc(F)c(F)c1F. The maximum atomic E-state index is 13.9. The first-order chi connectivity index (χ1) is 10.8. The van der Waals surface area contributed by atoms with Gasteiger partial charge in [0.15, 0.2) is 17.5 Å². The van der Waals surface area contributed by atoms with Gasteiger partial charge < -0.3 is 0 Å². The summed E-state index contributed by atoms with van der Waals surface area (Å²) in [4.78, 5) is -0.857. The van der Waals surface area contributed by atoms with Gasteiger partial charge in [0.25, 0.3) is 10.0 Å². The summed E-state index contributed by atoms with van der Waals surface area (Å²) in [5.41, 5.74) is 2.27. The van der Waals surface area contributed by atoms with Crippen LogP contribution >= 0.6 is 0 Å². The van der Waals surface area contributed by atoms with E-state index < -0.39 is 32.4 Å². The van der Waals surface area contributed by atoms with Crippen LogP contribution in [0, 0.1) is 24.4 Å². The van der Waals surface area contributed by atoms with Gasteiger partial charge in [-0.1, -0.05) is 17.7 Å². The average Bonchev–Trinajstić information content (AvgIpc) is 2.51. The minimum atomic E-state index is -4.31. The Morgan fingerprint density at radius 2 is 1.78 bits per heavy atom. The van der Waals surface area contributed by atoms with E-state index in [1.54, 1.807) is 12.1 Å². The van der Waals surface area contributed by atoms with E-state index >= 15 is 0 Å². The molecule has 3 nitrogen and oxygen atoms in total. The van der Waals surface area contributed by atoms with Crippen LogP contribution in [-0.4, -0.2) is 15.0 Å². The van der Waals surface area contributed by atoms with Crippen molar-refractivity contribution in [3.05, 3.63) is 58.9 Å². The van der Waals surface area contributed by atoms with E-state index in [1.807, 2.05) is 13.0 Å². The maximum Gasteiger partial charge on any atom is 0.267 e. The molecule has 0 amide bonds. The zero-order valence-corrected chi connectivity index (χ0v) is 13.1. The molecule has 3 rings (SSSR count). The molecule has 0 N–H and O–H groups in total. The van der Waals surface area contributed by atoms with Gasteiger partial charge in [-0.15, -0.1) is 0 Å². The Bertz CT molecular complexity index is 881. The van der Waals surface area contributed by atoms with Gasteiger partial charge in [0.2, 0.25) is 0 Å². The second-order valence-corrected chi connectivity index (χ2v) is 7.32. The van der Waals surface area contributed by atoms with Crippen LogP contribution in [0.15, 0.2) is 35.2 Å². The molecule has 0 aromatic heterocycles. The summed E-state index contributed by atoms with van der Waals surface area (Å²) in [6, 6.07) is 6.66. The van der Waals surface area contributed by atoms with E-state index in [0.29, 0.717) is 24.6 Å². The summed E-state index contributed by atoms with van der Waals surface area (Å²) in [7, 11) is -4.31. The van der Waals surface area contributed by atoms with Gasteiger partial charge in [-0.2, -0.15) is 0 Å². The monoisotopic (exact) mass is 341 g/mol. The van der Waals surface area contributed by atoms with Crippen LogP contribution in [0.25, 0.3) is 0 Å². The average molecular weight is 341 g/mol. The van der Waals surface area contributed by atoms with Crippen molar-refractivity contribution in [1.29, 1.82) is 0 Å². The second-order valence-electron chi connectivity index (χ2n) is 5.49. The van der Waals surface area contributed by atoms with E-state index in [0.717, 1.165) is 21.5 Å². The van der Waals surface area contributed by atoms with Crippen LogP contribution in [0.3, 0.4) is 0 Å². The van der Waals surface area contributed by atoms with Crippen LogP contribution in [0.2, 0.25) is 0 Å². The molecule has 0 unspecified atom stereocenters.